The second kappa shape index (κ2) is 9.03. The molecule has 0 aromatic heterocycles. The maximum atomic E-state index is 12.1. The first kappa shape index (κ1) is 17.9. The Bertz CT molecular complexity index is 676. The van der Waals surface area contributed by atoms with Gasteiger partial charge in [0.2, 0.25) is 5.91 Å². The summed E-state index contributed by atoms with van der Waals surface area (Å²) >= 11 is 6.04. The first-order valence-electron chi connectivity index (χ1n) is 7.53. The number of carbonyl (C=O) groups excluding carboxylic acids is 1. The molecular formula is C18H20ClNO4. The van der Waals surface area contributed by atoms with E-state index in [1.165, 1.54) is 14.2 Å². The SMILES string of the molecule is COc1cc(NC(=O)CCCOc2ccccc2)c(OC)cc1Cl. The molecule has 1 N–H and O–H groups in total. The molecule has 0 aliphatic carbocycles. The van der Waals surface area contributed by atoms with E-state index in [1.54, 1.807) is 12.1 Å². The Hall–Kier alpha value is -2.40. The van der Waals surface area contributed by atoms with Crippen LogP contribution in [0, 0.1) is 0 Å². The summed E-state index contributed by atoms with van der Waals surface area (Å²) in [6, 6.07) is 12.7. The summed E-state index contributed by atoms with van der Waals surface area (Å²) in [5.74, 6) is 1.62. The van der Waals surface area contributed by atoms with Crippen molar-refractivity contribution in [1.82, 2.24) is 0 Å². The van der Waals surface area contributed by atoms with Crippen molar-refractivity contribution < 1.29 is 19.0 Å². The molecule has 1 amide bonds. The highest BCUT2D eigenvalue weighted by Crippen LogP contribution is 2.35. The highest BCUT2D eigenvalue weighted by molar-refractivity contribution is 6.32. The van der Waals surface area contributed by atoms with Crippen molar-refractivity contribution in [1.29, 1.82) is 0 Å². The highest BCUT2D eigenvalue weighted by atomic mass is 35.5. The fourth-order valence-electron chi connectivity index (χ4n) is 2.11. The van der Waals surface area contributed by atoms with E-state index in [4.69, 9.17) is 25.8 Å². The minimum absolute atomic E-state index is 0.130. The van der Waals surface area contributed by atoms with E-state index in [1.807, 2.05) is 30.3 Å². The first-order valence-corrected chi connectivity index (χ1v) is 7.91. The molecule has 0 unspecified atom stereocenters. The largest absolute Gasteiger partial charge is 0.495 e. The molecule has 0 saturated carbocycles. The number of methoxy groups -OCH3 is 2. The van der Waals surface area contributed by atoms with Crippen molar-refractivity contribution in [2.24, 2.45) is 0 Å². The van der Waals surface area contributed by atoms with Crippen molar-refractivity contribution in [2.75, 3.05) is 26.1 Å². The zero-order valence-corrected chi connectivity index (χ0v) is 14.4. The maximum Gasteiger partial charge on any atom is 0.224 e. The van der Waals surface area contributed by atoms with E-state index in [0.717, 1.165) is 5.75 Å². The minimum Gasteiger partial charge on any atom is -0.495 e. The summed E-state index contributed by atoms with van der Waals surface area (Å²) < 4.78 is 15.9. The lowest BCUT2D eigenvalue weighted by molar-refractivity contribution is -0.116. The van der Waals surface area contributed by atoms with Crippen LogP contribution in [-0.4, -0.2) is 26.7 Å². The molecule has 0 aliphatic heterocycles. The number of carbonyl (C=O) groups is 1. The third-order valence-electron chi connectivity index (χ3n) is 3.31. The fourth-order valence-corrected chi connectivity index (χ4v) is 2.34. The standard InChI is InChI=1S/C18H20ClNO4/c1-22-16-12-15(17(23-2)11-14(16)19)20-18(21)9-6-10-24-13-7-4-3-5-8-13/h3-5,7-8,11-12H,6,9-10H2,1-2H3,(H,20,21). The van der Waals surface area contributed by atoms with Gasteiger partial charge in [-0.15, -0.1) is 0 Å². The summed E-state index contributed by atoms with van der Waals surface area (Å²) in [6.07, 6.45) is 0.939. The molecule has 0 spiro atoms. The van der Waals surface area contributed by atoms with E-state index in [9.17, 15) is 4.79 Å². The molecule has 0 heterocycles. The Kier molecular flexibility index (Phi) is 6.75. The van der Waals surface area contributed by atoms with E-state index in [-0.39, 0.29) is 5.91 Å². The van der Waals surface area contributed by atoms with Crippen molar-refractivity contribution in [2.45, 2.75) is 12.8 Å². The van der Waals surface area contributed by atoms with Crippen LogP contribution >= 0.6 is 11.6 Å². The molecule has 0 fully saturated rings. The maximum absolute atomic E-state index is 12.1. The Balaban J connectivity index is 1.85. The number of nitrogens with one attached hydrogen (secondary N) is 1. The van der Waals surface area contributed by atoms with E-state index < -0.39 is 0 Å². The monoisotopic (exact) mass is 349 g/mol. The number of rotatable bonds is 8. The van der Waals surface area contributed by atoms with Crippen molar-refractivity contribution in [3.05, 3.63) is 47.5 Å². The number of ether oxygens (including phenoxy) is 3. The average Bonchev–Trinajstić information content (AvgIpc) is 2.60. The van der Waals surface area contributed by atoms with Gasteiger partial charge in [-0.2, -0.15) is 0 Å². The van der Waals surface area contributed by atoms with Gasteiger partial charge in [-0.1, -0.05) is 29.8 Å². The third-order valence-corrected chi connectivity index (χ3v) is 3.60. The molecule has 128 valence electrons. The second-order valence-electron chi connectivity index (χ2n) is 5.00. The number of anilines is 1. The predicted octanol–water partition coefficient (Wildman–Crippen LogP) is 4.15. The van der Waals surface area contributed by atoms with Gasteiger partial charge in [0.25, 0.3) is 0 Å². The Labute approximate surface area is 146 Å². The van der Waals surface area contributed by atoms with E-state index in [2.05, 4.69) is 5.32 Å². The second-order valence-corrected chi connectivity index (χ2v) is 5.41. The predicted molar refractivity (Wildman–Crippen MR) is 94.4 cm³/mol. The lowest BCUT2D eigenvalue weighted by atomic mass is 10.2. The molecule has 0 saturated heterocycles. The Morgan fingerprint density at radius 2 is 1.79 bits per heavy atom. The van der Waals surface area contributed by atoms with Crippen LogP contribution in [0.25, 0.3) is 0 Å². The smallest absolute Gasteiger partial charge is 0.224 e. The average molecular weight is 350 g/mol. The third kappa shape index (κ3) is 5.06. The van der Waals surface area contributed by atoms with Gasteiger partial charge in [0.05, 0.1) is 31.5 Å². The lowest BCUT2D eigenvalue weighted by Crippen LogP contribution is -2.13. The van der Waals surface area contributed by atoms with Gasteiger partial charge >= 0.3 is 0 Å². The van der Waals surface area contributed by atoms with Crippen LogP contribution in [-0.2, 0) is 4.79 Å². The number of halogens is 1. The molecule has 0 aliphatic rings. The summed E-state index contributed by atoms with van der Waals surface area (Å²) in [5.41, 5.74) is 0.521. The molecule has 0 atom stereocenters. The van der Waals surface area contributed by atoms with Crippen LogP contribution in [0.1, 0.15) is 12.8 Å². The van der Waals surface area contributed by atoms with Gasteiger partial charge in [0.15, 0.2) is 0 Å². The summed E-state index contributed by atoms with van der Waals surface area (Å²) in [5, 5.41) is 3.22. The molecule has 2 aromatic rings. The first-order chi connectivity index (χ1) is 11.6. The Morgan fingerprint density at radius 1 is 1.08 bits per heavy atom. The molecule has 2 rings (SSSR count). The van der Waals surface area contributed by atoms with Crippen molar-refractivity contribution >= 4 is 23.2 Å². The Morgan fingerprint density at radius 3 is 2.46 bits per heavy atom. The van der Waals surface area contributed by atoms with Gasteiger partial charge < -0.3 is 19.5 Å². The fraction of sp³-hybridized carbons (Fsp3) is 0.278. The normalized spacial score (nSPS) is 10.1. The number of hydrogen-bond acceptors (Lipinski definition) is 4. The minimum atomic E-state index is -0.130. The summed E-state index contributed by atoms with van der Waals surface area (Å²) in [6.45, 7) is 0.471. The van der Waals surface area contributed by atoms with Crippen LogP contribution in [0.3, 0.4) is 0 Å². The molecule has 0 bridgehead atoms. The van der Waals surface area contributed by atoms with Crippen molar-refractivity contribution in [3.8, 4) is 17.2 Å². The zero-order valence-electron chi connectivity index (χ0n) is 13.7. The number of amides is 1. The lowest BCUT2D eigenvalue weighted by Gasteiger charge is -2.13. The van der Waals surface area contributed by atoms with Gasteiger partial charge in [0, 0.05) is 18.6 Å². The van der Waals surface area contributed by atoms with Gasteiger partial charge in [-0.05, 0) is 18.6 Å². The van der Waals surface area contributed by atoms with E-state index in [0.29, 0.717) is 41.7 Å². The van der Waals surface area contributed by atoms with Gasteiger partial charge in [-0.25, -0.2) is 0 Å². The highest BCUT2D eigenvalue weighted by Gasteiger charge is 2.12. The van der Waals surface area contributed by atoms with Crippen LogP contribution in [0.5, 0.6) is 17.2 Å². The topological polar surface area (TPSA) is 56.8 Å². The van der Waals surface area contributed by atoms with Crippen LogP contribution < -0.4 is 19.5 Å². The molecule has 24 heavy (non-hydrogen) atoms. The van der Waals surface area contributed by atoms with Crippen LogP contribution in [0.4, 0.5) is 5.69 Å². The molecule has 0 radical (unpaired) electrons. The number of para-hydroxylation sites is 1. The van der Waals surface area contributed by atoms with Crippen LogP contribution in [0.2, 0.25) is 5.02 Å². The molecule has 5 nitrogen and oxygen atoms in total. The summed E-state index contributed by atoms with van der Waals surface area (Å²) in [4.78, 5) is 12.1. The summed E-state index contributed by atoms with van der Waals surface area (Å²) in [7, 11) is 3.03. The molecular weight excluding hydrogens is 330 g/mol. The van der Waals surface area contributed by atoms with Gasteiger partial charge in [-0.3, -0.25) is 4.79 Å². The van der Waals surface area contributed by atoms with E-state index >= 15 is 0 Å². The molecule has 2 aromatic carbocycles. The number of hydrogen-bond donors (Lipinski definition) is 1. The molecule has 6 heteroatoms. The quantitative estimate of drug-likeness (QED) is 0.727. The van der Waals surface area contributed by atoms with Crippen molar-refractivity contribution in [3.63, 3.8) is 0 Å². The number of benzene rings is 2. The van der Waals surface area contributed by atoms with Gasteiger partial charge in [0.1, 0.15) is 17.2 Å². The zero-order chi connectivity index (χ0) is 17.4. The van der Waals surface area contributed by atoms with Crippen LogP contribution in [0.15, 0.2) is 42.5 Å².